The van der Waals surface area contributed by atoms with E-state index in [0.717, 1.165) is 5.56 Å². The Kier molecular flexibility index (Phi) is 6.35. The number of benzene rings is 3. The van der Waals surface area contributed by atoms with E-state index >= 15 is 4.39 Å². The summed E-state index contributed by atoms with van der Waals surface area (Å²) in [6, 6.07) is 19.3. The SMILES string of the molecule is COc1ccc(C(=O)Nc2cccnc2)c(-c2c(Cl)ccc3c2CC(CN)(c2ccccc2)O3)c1F. The fraction of sp³-hybridized carbons (Fsp3) is 0.143. The van der Waals surface area contributed by atoms with Crippen LogP contribution in [0.3, 0.4) is 0 Å². The third-order valence-corrected chi connectivity index (χ3v) is 6.67. The van der Waals surface area contributed by atoms with Crippen LogP contribution in [-0.2, 0) is 12.0 Å². The highest BCUT2D eigenvalue weighted by Crippen LogP contribution is 2.49. The molecule has 6 nitrogen and oxygen atoms in total. The van der Waals surface area contributed by atoms with Gasteiger partial charge in [-0.25, -0.2) is 4.39 Å². The number of anilines is 1. The molecule has 0 saturated carbocycles. The highest BCUT2D eigenvalue weighted by atomic mass is 35.5. The van der Waals surface area contributed by atoms with Gasteiger partial charge in [0.05, 0.1) is 24.6 Å². The monoisotopic (exact) mass is 503 g/mol. The quantitative estimate of drug-likeness (QED) is 0.358. The van der Waals surface area contributed by atoms with Crippen molar-refractivity contribution in [2.45, 2.75) is 12.0 Å². The molecule has 182 valence electrons. The van der Waals surface area contributed by atoms with Gasteiger partial charge in [0.1, 0.15) is 5.75 Å². The summed E-state index contributed by atoms with van der Waals surface area (Å²) in [5, 5.41) is 3.05. The minimum absolute atomic E-state index is 0.0105. The summed E-state index contributed by atoms with van der Waals surface area (Å²) in [6.45, 7) is 0.192. The number of amides is 1. The summed E-state index contributed by atoms with van der Waals surface area (Å²) in [5.41, 5.74) is 7.90. The van der Waals surface area contributed by atoms with Gasteiger partial charge in [-0.15, -0.1) is 0 Å². The zero-order valence-electron chi connectivity index (χ0n) is 19.4. The summed E-state index contributed by atoms with van der Waals surface area (Å²) in [6.07, 6.45) is 3.45. The van der Waals surface area contributed by atoms with E-state index in [9.17, 15) is 4.79 Å². The lowest BCUT2D eigenvalue weighted by atomic mass is 9.85. The van der Waals surface area contributed by atoms with Crippen LogP contribution in [0.2, 0.25) is 5.02 Å². The number of nitrogens with zero attached hydrogens (tertiary/aromatic N) is 1. The van der Waals surface area contributed by atoms with Crippen LogP contribution in [0.25, 0.3) is 11.1 Å². The van der Waals surface area contributed by atoms with Gasteiger partial charge in [0.2, 0.25) is 0 Å². The summed E-state index contributed by atoms with van der Waals surface area (Å²) >= 11 is 6.69. The Bertz CT molecular complexity index is 1430. The van der Waals surface area contributed by atoms with Gasteiger partial charge in [0.25, 0.3) is 5.91 Å². The molecule has 3 N–H and O–H groups in total. The maximum atomic E-state index is 15.9. The molecule has 0 fully saturated rings. The second-order valence-electron chi connectivity index (χ2n) is 8.44. The minimum atomic E-state index is -0.851. The lowest BCUT2D eigenvalue weighted by Gasteiger charge is -2.27. The summed E-state index contributed by atoms with van der Waals surface area (Å²) in [4.78, 5) is 17.4. The lowest BCUT2D eigenvalue weighted by Crippen LogP contribution is -2.39. The van der Waals surface area contributed by atoms with Crippen LogP contribution in [0.5, 0.6) is 11.5 Å². The molecule has 0 radical (unpaired) electrons. The Balaban J connectivity index is 1.67. The Labute approximate surface area is 212 Å². The third-order valence-electron chi connectivity index (χ3n) is 6.36. The number of aromatic nitrogens is 1. The Morgan fingerprint density at radius 2 is 1.94 bits per heavy atom. The predicted octanol–water partition coefficient (Wildman–Crippen LogP) is 5.59. The maximum absolute atomic E-state index is 15.9. The van der Waals surface area contributed by atoms with E-state index in [2.05, 4.69) is 10.3 Å². The van der Waals surface area contributed by atoms with E-state index in [4.69, 9.17) is 26.8 Å². The molecule has 1 unspecified atom stereocenters. The average molecular weight is 504 g/mol. The predicted molar refractivity (Wildman–Crippen MR) is 137 cm³/mol. The fourth-order valence-electron chi connectivity index (χ4n) is 4.59. The molecule has 3 aromatic carbocycles. The zero-order chi connectivity index (χ0) is 25.3. The number of hydrogen-bond donors (Lipinski definition) is 2. The molecule has 1 amide bonds. The highest BCUT2D eigenvalue weighted by Gasteiger charge is 2.42. The van der Waals surface area contributed by atoms with Crippen molar-refractivity contribution in [2.75, 3.05) is 19.0 Å². The number of nitrogens with one attached hydrogen (secondary N) is 1. The molecule has 0 bridgehead atoms. The molecule has 0 spiro atoms. The molecule has 2 heterocycles. The second kappa shape index (κ2) is 9.60. The first-order chi connectivity index (χ1) is 17.5. The third kappa shape index (κ3) is 4.06. The van der Waals surface area contributed by atoms with Crippen molar-refractivity contribution in [1.82, 2.24) is 4.98 Å². The van der Waals surface area contributed by atoms with Crippen LogP contribution < -0.4 is 20.5 Å². The Morgan fingerprint density at radius 1 is 1.14 bits per heavy atom. The molecule has 1 aliphatic heterocycles. The van der Waals surface area contributed by atoms with E-state index < -0.39 is 17.3 Å². The van der Waals surface area contributed by atoms with Crippen molar-refractivity contribution >= 4 is 23.2 Å². The average Bonchev–Trinajstić information content (AvgIpc) is 3.30. The molecule has 1 aromatic heterocycles. The summed E-state index contributed by atoms with van der Waals surface area (Å²) in [7, 11) is 1.37. The van der Waals surface area contributed by atoms with E-state index in [1.54, 1.807) is 30.5 Å². The van der Waals surface area contributed by atoms with Crippen LogP contribution in [0.15, 0.2) is 79.1 Å². The first-order valence-electron chi connectivity index (χ1n) is 11.3. The lowest BCUT2D eigenvalue weighted by molar-refractivity contribution is 0.102. The maximum Gasteiger partial charge on any atom is 0.256 e. The summed E-state index contributed by atoms with van der Waals surface area (Å²) < 4.78 is 27.6. The van der Waals surface area contributed by atoms with Gasteiger partial charge >= 0.3 is 0 Å². The number of methoxy groups -OCH3 is 1. The molecular weight excluding hydrogens is 481 g/mol. The largest absolute Gasteiger partial charge is 0.494 e. The number of pyridine rings is 1. The Hall–Kier alpha value is -3.94. The van der Waals surface area contributed by atoms with Crippen LogP contribution in [0.4, 0.5) is 10.1 Å². The van der Waals surface area contributed by atoms with E-state index in [-0.39, 0.29) is 28.4 Å². The molecule has 1 aliphatic rings. The van der Waals surface area contributed by atoms with Gasteiger partial charge in [-0.3, -0.25) is 9.78 Å². The molecule has 5 rings (SSSR count). The number of fused-ring (bicyclic) bond motifs is 1. The fourth-order valence-corrected chi connectivity index (χ4v) is 4.86. The molecule has 36 heavy (non-hydrogen) atoms. The summed E-state index contributed by atoms with van der Waals surface area (Å²) in [5.74, 6) is -0.690. The second-order valence-corrected chi connectivity index (χ2v) is 8.85. The zero-order valence-corrected chi connectivity index (χ0v) is 20.2. The van der Waals surface area contributed by atoms with Crippen molar-refractivity contribution in [2.24, 2.45) is 5.73 Å². The van der Waals surface area contributed by atoms with Crippen LogP contribution in [0, 0.1) is 5.82 Å². The number of carbonyl (C=O) groups is 1. The van der Waals surface area contributed by atoms with Gasteiger partial charge in [0.15, 0.2) is 17.2 Å². The van der Waals surface area contributed by atoms with E-state index in [1.807, 2.05) is 30.3 Å². The van der Waals surface area contributed by atoms with Crippen molar-refractivity contribution < 1.29 is 18.7 Å². The van der Waals surface area contributed by atoms with Crippen molar-refractivity contribution in [1.29, 1.82) is 0 Å². The van der Waals surface area contributed by atoms with Crippen LogP contribution in [0.1, 0.15) is 21.5 Å². The number of nitrogens with two attached hydrogens (primary N) is 1. The first-order valence-corrected chi connectivity index (χ1v) is 11.7. The number of hydrogen-bond acceptors (Lipinski definition) is 5. The standard InChI is InChI=1S/C28H23ClFN3O3/c1-35-23-11-9-19(27(34)33-18-8-5-13-32-15-18)25(26(23)30)24-20-14-28(16-31,17-6-3-2-4-7-17)36-22(20)12-10-21(24)29/h2-13,15H,14,16,31H2,1H3,(H,33,34). The minimum Gasteiger partial charge on any atom is -0.494 e. The molecular formula is C28H23ClFN3O3. The van der Waals surface area contributed by atoms with Gasteiger partial charge in [-0.2, -0.15) is 0 Å². The number of halogens is 2. The van der Waals surface area contributed by atoms with Crippen LogP contribution >= 0.6 is 11.6 Å². The van der Waals surface area contributed by atoms with E-state index in [1.165, 1.54) is 25.4 Å². The molecule has 0 saturated heterocycles. The number of carbonyl (C=O) groups excluding carboxylic acids is 1. The molecule has 8 heteroatoms. The molecule has 0 aliphatic carbocycles. The van der Waals surface area contributed by atoms with Gasteiger partial charge in [-0.05, 0) is 42.0 Å². The van der Waals surface area contributed by atoms with Gasteiger partial charge in [0, 0.05) is 40.9 Å². The van der Waals surface area contributed by atoms with Crippen molar-refractivity contribution in [3.8, 4) is 22.6 Å². The van der Waals surface area contributed by atoms with Gasteiger partial charge < -0.3 is 20.5 Å². The topological polar surface area (TPSA) is 86.5 Å². The normalized spacial score (nSPS) is 16.2. The van der Waals surface area contributed by atoms with Crippen LogP contribution in [-0.4, -0.2) is 24.5 Å². The van der Waals surface area contributed by atoms with Crippen molar-refractivity contribution in [3.63, 3.8) is 0 Å². The Morgan fingerprint density at radius 3 is 2.64 bits per heavy atom. The van der Waals surface area contributed by atoms with E-state index in [0.29, 0.717) is 29.0 Å². The van der Waals surface area contributed by atoms with Crippen molar-refractivity contribution in [3.05, 3.63) is 107 Å². The molecule has 4 aromatic rings. The van der Waals surface area contributed by atoms with Gasteiger partial charge in [-0.1, -0.05) is 41.9 Å². The number of ether oxygens (including phenoxy) is 2. The first kappa shape index (κ1) is 23.8. The smallest absolute Gasteiger partial charge is 0.256 e. The highest BCUT2D eigenvalue weighted by molar-refractivity contribution is 6.34. The number of rotatable bonds is 6. The molecule has 1 atom stereocenters.